The molecule has 0 radical (unpaired) electrons. The largest absolute Gasteiger partial charge is 0.418 e. The van der Waals surface area contributed by atoms with E-state index in [0.717, 1.165) is 4.88 Å². The van der Waals surface area contributed by atoms with Crippen molar-refractivity contribution in [2.75, 3.05) is 0 Å². The first kappa shape index (κ1) is 11.5. The molecule has 3 aromatic rings. The summed E-state index contributed by atoms with van der Waals surface area (Å²) >= 11 is 1.50. The van der Waals surface area contributed by atoms with Crippen LogP contribution in [0.1, 0.15) is 5.89 Å². The molecule has 19 heavy (non-hydrogen) atoms. The summed E-state index contributed by atoms with van der Waals surface area (Å²) in [6.45, 7) is 0.201. The van der Waals surface area contributed by atoms with E-state index in [9.17, 15) is 10.1 Å². The highest BCUT2D eigenvalue weighted by Gasteiger charge is 2.14. The molecule has 0 aliphatic heterocycles. The Morgan fingerprint density at radius 1 is 1.42 bits per heavy atom. The Hall–Kier alpha value is -2.55. The highest BCUT2D eigenvalue weighted by atomic mass is 32.1. The van der Waals surface area contributed by atoms with Crippen molar-refractivity contribution in [2.45, 2.75) is 6.54 Å². The molecule has 96 valence electrons. The van der Waals surface area contributed by atoms with Crippen LogP contribution in [0, 0.1) is 10.1 Å². The average molecular weight is 277 g/mol. The van der Waals surface area contributed by atoms with Gasteiger partial charge in [-0.05, 0) is 16.4 Å². The smallest absolute Gasteiger partial charge is 0.389 e. The van der Waals surface area contributed by atoms with Gasteiger partial charge in [0.1, 0.15) is 6.54 Å². The Balaban J connectivity index is 1.78. The van der Waals surface area contributed by atoms with Crippen LogP contribution in [0.2, 0.25) is 0 Å². The van der Waals surface area contributed by atoms with Crippen molar-refractivity contribution in [1.82, 2.24) is 20.0 Å². The first-order valence-corrected chi connectivity index (χ1v) is 6.14. The van der Waals surface area contributed by atoms with Crippen molar-refractivity contribution < 1.29 is 9.34 Å². The van der Waals surface area contributed by atoms with Crippen LogP contribution in [0.5, 0.6) is 0 Å². The highest BCUT2D eigenvalue weighted by molar-refractivity contribution is 7.13. The van der Waals surface area contributed by atoms with Crippen molar-refractivity contribution in [1.29, 1.82) is 0 Å². The summed E-state index contributed by atoms with van der Waals surface area (Å²) in [4.78, 5) is 10.8. The zero-order valence-electron chi connectivity index (χ0n) is 9.46. The number of nitrogens with zero attached hydrogens (tertiary/aromatic N) is 5. The van der Waals surface area contributed by atoms with Gasteiger partial charge >= 0.3 is 5.82 Å². The maximum absolute atomic E-state index is 10.5. The fraction of sp³-hybridized carbons (Fsp3) is 0.100. The van der Waals surface area contributed by atoms with Crippen molar-refractivity contribution >= 4 is 17.2 Å². The van der Waals surface area contributed by atoms with E-state index in [1.165, 1.54) is 28.3 Å². The Morgan fingerprint density at radius 3 is 3.00 bits per heavy atom. The van der Waals surface area contributed by atoms with Crippen LogP contribution >= 0.6 is 11.3 Å². The van der Waals surface area contributed by atoms with Crippen LogP contribution < -0.4 is 0 Å². The van der Waals surface area contributed by atoms with Crippen LogP contribution in [-0.4, -0.2) is 24.9 Å². The molecule has 0 N–H and O–H groups in total. The van der Waals surface area contributed by atoms with Crippen molar-refractivity contribution in [3.63, 3.8) is 0 Å². The van der Waals surface area contributed by atoms with Gasteiger partial charge in [0.2, 0.25) is 5.89 Å². The zero-order valence-corrected chi connectivity index (χ0v) is 10.3. The van der Waals surface area contributed by atoms with E-state index in [1.807, 2.05) is 17.5 Å². The zero-order chi connectivity index (χ0) is 13.2. The number of rotatable bonds is 4. The van der Waals surface area contributed by atoms with Gasteiger partial charge in [0, 0.05) is 0 Å². The van der Waals surface area contributed by atoms with Gasteiger partial charge in [0.25, 0.3) is 5.89 Å². The van der Waals surface area contributed by atoms with Gasteiger partial charge < -0.3 is 14.5 Å². The van der Waals surface area contributed by atoms with E-state index in [-0.39, 0.29) is 12.4 Å². The second-order valence-corrected chi connectivity index (χ2v) is 4.55. The lowest BCUT2D eigenvalue weighted by Gasteiger charge is -1.90. The van der Waals surface area contributed by atoms with E-state index in [2.05, 4.69) is 15.3 Å². The first-order valence-electron chi connectivity index (χ1n) is 5.26. The summed E-state index contributed by atoms with van der Waals surface area (Å²) in [6.07, 6.45) is 1.49. The Labute approximate surface area is 110 Å². The summed E-state index contributed by atoms with van der Waals surface area (Å²) in [7, 11) is 0. The molecular weight excluding hydrogens is 270 g/mol. The van der Waals surface area contributed by atoms with E-state index in [0.29, 0.717) is 11.8 Å². The van der Waals surface area contributed by atoms with Crippen molar-refractivity contribution in [3.8, 4) is 10.8 Å². The summed E-state index contributed by atoms with van der Waals surface area (Å²) in [5.74, 6) is 0.575. The van der Waals surface area contributed by atoms with E-state index in [1.54, 1.807) is 0 Å². The molecule has 0 aliphatic rings. The molecule has 9 heteroatoms. The number of aromatic nitrogens is 4. The molecule has 0 amide bonds. The van der Waals surface area contributed by atoms with Gasteiger partial charge in [0.05, 0.1) is 22.2 Å². The van der Waals surface area contributed by atoms with Gasteiger partial charge in [-0.15, -0.1) is 21.5 Å². The molecule has 0 atom stereocenters. The lowest BCUT2D eigenvalue weighted by Crippen LogP contribution is -2.01. The van der Waals surface area contributed by atoms with Crippen molar-refractivity contribution in [3.05, 3.63) is 45.8 Å². The average Bonchev–Trinajstić information content (AvgIpc) is 3.09. The summed E-state index contributed by atoms with van der Waals surface area (Å²) in [5.41, 5.74) is 0. The number of nitro groups is 1. The highest BCUT2D eigenvalue weighted by Crippen LogP contribution is 2.23. The number of thiophene rings is 1. The molecule has 0 spiro atoms. The fourth-order valence-electron chi connectivity index (χ4n) is 1.49. The minimum atomic E-state index is -0.554. The maximum Gasteiger partial charge on any atom is 0.389 e. The molecular formula is C10H7N5O3S. The van der Waals surface area contributed by atoms with Gasteiger partial charge in [-0.25, -0.2) is 0 Å². The second kappa shape index (κ2) is 4.61. The minimum absolute atomic E-state index is 0.201. The predicted molar refractivity (Wildman–Crippen MR) is 65.6 cm³/mol. The lowest BCUT2D eigenvalue weighted by atomic mass is 10.5. The van der Waals surface area contributed by atoms with Gasteiger partial charge in [-0.3, -0.25) is 0 Å². The molecule has 0 saturated carbocycles. The molecule has 3 heterocycles. The standard InChI is InChI=1S/C10H7N5O3S/c16-15(17)8-3-4-14(13-8)6-9-11-12-10(18-9)7-2-1-5-19-7/h1-5H,6H2. The molecule has 3 aromatic heterocycles. The summed E-state index contributed by atoms with van der Waals surface area (Å²) < 4.78 is 6.84. The third-order valence-corrected chi connectivity index (χ3v) is 3.17. The van der Waals surface area contributed by atoms with Crippen LogP contribution in [0.25, 0.3) is 10.8 Å². The van der Waals surface area contributed by atoms with Crippen LogP contribution in [0.15, 0.2) is 34.2 Å². The van der Waals surface area contributed by atoms with Gasteiger partial charge in [0.15, 0.2) is 0 Å². The second-order valence-electron chi connectivity index (χ2n) is 3.61. The number of hydrogen-bond donors (Lipinski definition) is 0. The molecule has 0 aromatic carbocycles. The van der Waals surface area contributed by atoms with Crippen LogP contribution in [-0.2, 0) is 6.54 Å². The topological polar surface area (TPSA) is 99.9 Å². The van der Waals surface area contributed by atoms with E-state index in [4.69, 9.17) is 4.42 Å². The molecule has 0 aliphatic carbocycles. The third kappa shape index (κ3) is 2.36. The third-order valence-electron chi connectivity index (χ3n) is 2.31. The summed E-state index contributed by atoms with van der Waals surface area (Å²) in [5, 5.41) is 24.0. The minimum Gasteiger partial charge on any atom is -0.418 e. The van der Waals surface area contributed by atoms with Gasteiger partial charge in [-0.2, -0.15) is 4.68 Å². The monoisotopic (exact) mass is 277 g/mol. The van der Waals surface area contributed by atoms with E-state index >= 15 is 0 Å². The SMILES string of the molecule is O=[N+]([O-])c1ccn(Cc2nnc(-c3cccs3)o2)n1. The normalized spacial score (nSPS) is 10.7. The lowest BCUT2D eigenvalue weighted by molar-refractivity contribution is -0.389. The Bertz CT molecular complexity index is 702. The van der Waals surface area contributed by atoms with Gasteiger partial charge in [-0.1, -0.05) is 6.07 Å². The number of hydrogen-bond acceptors (Lipinski definition) is 7. The molecule has 0 unspecified atom stereocenters. The Morgan fingerprint density at radius 2 is 2.32 bits per heavy atom. The van der Waals surface area contributed by atoms with Crippen LogP contribution in [0.4, 0.5) is 5.82 Å². The molecule has 0 bridgehead atoms. The fourth-order valence-corrected chi connectivity index (χ4v) is 2.14. The molecule has 8 nitrogen and oxygen atoms in total. The van der Waals surface area contributed by atoms with E-state index < -0.39 is 4.92 Å². The van der Waals surface area contributed by atoms with Crippen molar-refractivity contribution in [2.24, 2.45) is 0 Å². The molecule has 0 saturated heterocycles. The maximum atomic E-state index is 10.5. The predicted octanol–water partition coefficient (Wildman–Crippen LogP) is 1.95. The Kier molecular flexibility index (Phi) is 2.80. The molecule has 3 rings (SSSR count). The first-order chi connectivity index (χ1) is 9.22. The van der Waals surface area contributed by atoms with Crippen LogP contribution in [0.3, 0.4) is 0 Å². The quantitative estimate of drug-likeness (QED) is 0.533. The summed E-state index contributed by atoms with van der Waals surface area (Å²) in [6, 6.07) is 5.08. The molecule has 0 fully saturated rings.